The molecule has 3 rings (SSSR count). The van der Waals surface area contributed by atoms with Gasteiger partial charge < -0.3 is 5.11 Å². The van der Waals surface area contributed by atoms with Crippen LogP contribution >= 0.6 is 11.3 Å². The fourth-order valence-electron chi connectivity index (χ4n) is 2.18. The number of amides is 2. The molecule has 0 aliphatic heterocycles. The minimum Gasteiger partial charge on any atom is -0.504 e. The quantitative estimate of drug-likeness (QED) is 0.610. The number of para-hydroxylation sites is 1. The van der Waals surface area contributed by atoms with Gasteiger partial charge in [-0.3, -0.25) is 20.4 Å². The maximum atomic E-state index is 12.1. The Bertz CT molecular complexity index is 859. The molecule has 0 fully saturated rings. The van der Waals surface area contributed by atoms with Crippen LogP contribution in [-0.2, 0) is 11.2 Å². The van der Waals surface area contributed by atoms with Gasteiger partial charge in [-0.25, -0.2) is 4.68 Å². The smallest absolute Gasteiger partial charge is 0.294 e. The molecular formula is C17H16N4O3S. The summed E-state index contributed by atoms with van der Waals surface area (Å²) in [7, 11) is 0. The highest BCUT2D eigenvalue weighted by Crippen LogP contribution is 2.17. The van der Waals surface area contributed by atoms with Gasteiger partial charge in [-0.05, 0) is 40.9 Å². The van der Waals surface area contributed by atoms with E-state index < -0.39 is 5.91 Å². The molecule has 0 aliphatic carbocycles. The molecule has 2 aromatic heterocycles. The number of hydrazine groups is 1. The van der Waals surface area contributed by atoms with Crippen molar-refractivity contribution in [2.75, 3.05) is 0 Å². The molecule has 7 nitrogen and oxygen atoms in total. The van der Waals surface area contributed by atoms with Crippen LogP contribution in [0, 0.1) is 0 Å². The third-order valence-electron chi connectivity index (χ3n) is 3.47. The molecular weight excluding hydrogens is 340 g/mol. The number of thiophene rings is 1. The van der Waals surface area contributed by atoms with Crippen LogP contribution < -0.4 is 10.9 Å². The molecule has 128 valence electrons. The van der Waals surface area contributed by atoms with Crippen molar-refractivity contribution < 1.29 is 14.7 Å². The van der Waals surface area contributed by atoms with E-state index in [4.69, 9.17) is 0 Å². The van der Waals surface area contributed by atoms with Crippen LogP contribution in [0.3, 0.4) is 0 Å². The standard InChI is InChI=1S/C17H16N4O3S/c22-14-10-21(13-4-2-1-3-5-13)20-16(14)17(24)19-18-15(23)7-6-12-8-9-25-11-12/h1-5,8-11,22H,6-7H2,(H,18,23)(H,19,24). The molecule has 3 N–H and O–H groups in total. The lowest BCUT2D eigenvalue weighted by Gasteiger charge is -2.05. The summed E-state index contributed by atoms with van der Waals surface area (Å²) in [5, 5.41) is 17.9. The summed E-state index contributed by atoms with van der Waals surface area (Å²) in [5.41, 5.74) is 6.20. The monoisotopic (exact) mass is 356 g/mol. The molecule has 0 saturated heterocycles. The predicted molar refractivity (Wildman–Crippen MR) is 93.5 cm³/mol. The molecule has 0 radical (unpaired) electrons. The van der Waals surface area contributed by atoms with Crippen LogP contribution in [0.1, 0.15) is 22.5 Å². The first-order valence-electron chi connectivity index (χ1n) is 7.58. The van der Waals surface area contributed by atoms with E-state index in [0.717, 1.165) is 5.56 Å². The van der Waals surface area contributed by atoms with Crippen molar-refractivity contribution >= 4 is 23.2 Å². The Labute approximate surface area is 147 Å². The summed E-state index contributed by atoms with van der Waals surface area (Å²) < 4.78 is 1.39. The van der Waals surface area contributed by atoms with Crippen molar-refractivity contribution in [2.45, 2.75) is 12.8 Å². The van der Waals surface area contributed by atoms with Gasteiger partial charge in [-0.1, -0.05) is 18.2 Å². The molecule has 0 spiro atoms. The zero-order chi connectivity index (χ0) is 17.6. The number of hydrogen-bond acceptors (Lipinski definition) is 5. The molecule has 0 saturated carbocycles. The first-order chi connectivity index (χ1) is 12.1. The fraction of sp³-hybridized carbons (Fsp3) is 0.118. The lowest BCUT2D eigenvalue weighted by Crippen LogP contribution is -2.41. The zero-order valence-electron chi connectivity index (χ0n) is 13.2. The summed E-state index contributed by atoms with van der Waals surface area (Å²) in [6, 6.07) is 11.0. The number of aromatic nitrogens is 2. The summed E-state index contributed by atoms with van der Waals surface area (Å²) in [5.74, 6) is -1.27. The number of nitrogens with zero attached hydrogens (tertiary/aromatic N) is 2. The van der Waals surface area contributed by atoms with E-state index in [1.165, 1.54) is 10.9 Å². The van der Waals surface area contributed by atoms with E-state index in [2.05, 4.69) is 16.0 Å². The number of aryl methyl sites for hydroxylation is 1. The average Bonchev–Trinajstić information content (AvgIpc) is 3.28. The number of carbonyl (C=O) groups is 2. The number of carbonyl (C=O) groups excluding carboxylic acids is 2. The van der Waals surface area contributed by atoms with E-state index in [-0.39, 0.29) is 23.8 Å². The minimum absolute atomic E-state index is 0.165. The van der Waals surface area contributed by atoms with Crippen molar-refractivity contribution in [2.24, 2.45) is 0 Å². The molecule has 0 atom stereocenters. The van der Waals surface area contributed by atoms with Crippen molar-refractivity contribution in [1.82, 2.24) is 20.6 Å². The third kappa shape index (κ3) is 4.24. The Morgan fingerprint density at radius 2 is 1.96 bits per heavy atom. The summed E-state index contributed by atoms with van der Waals surface area (Å²) in [6.07, 6.45) is 2.18. The molecule has 1 aromatic carbocycles. The van der Waals surface area contributed by atoms with Gasteiger partial charge in [0.1, 0.15) is 0 Å². The summed E-state index contributed by atoms with van der Waals surface area (Å²) in [6.45, 7) is 0. The SMILES string of the molecule is O=C(CCc1ccsc1)NNC(=O)c1nn(-c2ccccc2)cc1O. The second-order valence-corrected chi connectivity index (χ2v) is 6.06. The van der Waals surface area contributed by atoms with Crippen molar-refractivity contribution in [1.29, 1.82) is 0 Å². The van der Waals surface area contributed by atoms with Gasteiger partial charge >= 0.3 is 0 Å². The highest BCUT2D eigenvalue weighted by Gasteiger charge is 2.17. The van der Waals surface area contributed by atoms with Crippen LogP contribution in [0.25, 0.3) is 5.69 Å². The number of benzene rings is 1. The topological polar surface area (TPSA) is 96.3 Å². The summed E-state index contributed by atoms with van der Waals surface area (Å²) in [4.78, 5) is 23.9. The average molecular weight is 356 g/mol. The Morgan fingerprint density at radius 1 is 1.16 bits per heavy atom. The van der Waals surface area contributed by atoms with Crippen LogP contribution in [0.4, 0.5) is 0 Å². The summed E-state index contributed by atoms with van der Waals surface area (Å²) >= 11 is 1.57. The second-order valence-electron chi connectivity index (χ2n) is 5.28. The Hall–Kier alpha value is -3.13. The van der Waals surface area contributed by atoms with Crippen LogP contribution in [0.5, 0.6) is 5.75 Å². The van der Waals surface area contributed by atoms with E-state index in [1.54, 1.807) is 23.5 Å². The first-order valence-corrected chi connectivity index (χ1v) is 8.52. The maximum absolute atomic E-state index is 12.1. The predicted octanol–water partition coefficient (Wildman–Crippen LogP) is 2.03. The van der Waals surface area contributed by atoms with Crippen molar-refractivity contribution in [3.8, 4) is 11.4 Å². The Balaban J connectivity index is 1.56. The van der Waals surface area contributed by atoms with E-state index >= 15 is 0 Å². The van der Waals surface area contributed by atoms with Gasteiger partial charge in [0.25, 0.3) is 5.91 Å². The second kappa shape index (κ2) is 7.63. The van der Waals surface area contributed by atoms with Crippen LogP contribution in [0.15, 0.2) is 53.4 Å². The Morgan fingerprint density at radius 3 is 2.68 bits per heavy atom. The molecule has 0 unspecified atom stereocenters. The molecule has 0 bridgehead atoms. The highest BCUT2D eigenvalue weighted by atomic mass is 32.1. The lowest BCUT2D eigenvalue weighted by molar-refractivity contribution is -0.121. The highest BCUT2D eigenvalue weighted by molar-refractivity contribution is 7.07. The largest absolute Gasteiger partial charge is 0.504 e. The minimum atomic E-state index is -0.684. The van der Waals surface area contributed by atoms with Crippen LogP contribution in [0.2, 0.25) is 0 Å². The number of hydrogen-bond donors (Lipinski definition) is 3. The van der Waals surface area contributed by atoms with E-state index in [9.17, 15) is 14.7 Å². The van der Waals surface area contributed by atoms with Gasteiger partial charge in [0, 0.05) is 6.42 Å². The van der Waals surface area contributed by atoms with Crippen molar-refractivity contribution in [3.05, 3.63) is 64.6 Å². The van der Waals surface area contributed by atoms with E-state index in [0.29, 0.717) is 12.1 Å². The zero-order valence-corrected chi connectivity index (χ0v) is 14.0. The Kier molecular flexibility index (Phi) is 5.10. The molecule has 2 heterocycles. The van der Waals surface area contributed by atoms with Gasteiger partial charge in [-0.15, -0.1) is 0 Å². The number of nitrogens with one attached hydrogen (secondary N) is 2. The van der Waals surface area contributed by atoms with Gasteiger partial charge in [0.05, 0.1) is 11.9 Å². The normalized spacial score (nSPS) is 10.4. The van der Waals surface area contributed by atoms with Crippen molar-refractivity contribution in [3.63, 3.8) is 0 Å². The molecule has 8 heteroatoms. The van der Waals surface area contributed by atoms with Gasteiger partial charge in [0.15, 0.2) is 11.4 Å². The molecule has 3 aromatic rings. The van der Waals surface area contributed by atoms with Gasteiger partial charge in [0.2, 0.25) is 5.91 Å². The molecule has 2 amide bonds. The van der Waals surface area contributed by atoms with Crippen LogP contribution in [-0.4, -0.2) is 26.7 Å². The fourth-order valence-corrected chi connectivity index (χ4v) is 2.88. The maximum Gasteiger partial charge on any atom is 0.294 e. The molecule has 25 heavy (non-hydrogen) atoms. The lowest BCUT2D eigenvalue weighted by atomic mass is 10.2. The van der Waals surface area contributed by atoms with E-state index in [1.807, 2.05) is 35.0 Å². The van der Waals surface area contributed by atoms with Gasteiger partial charge in [-0.2, -0.15) is 16.4 Å². The third-order valence-corrected chi connectivity index (χ3v) is 4.20. The first kappa shape index (κ1) is 16.7. The number of rotatable bonds is 5. The molecule has 0 aliphatic rings. The number of aromatic hydroxyl groups is 1.